The Morgan fingerprint density at radius 1 is 1.23 bits per heavy atom. The van der Waals surface area contributed by atoms with Crippen molar-refractivity contribution < 1.29 is 4.79 Å². The zero-order chi connectivity index (χ0) is 21.1. The van der Waals surface area contributed by atoms with Crippen molar-refractivity contribution in [2.24, 2.45) is 0 Å². The van der Waals surface area contributed by atoms with Gasteiger partial charge in [0.15, 0.2) is 5.16 Å². The number of hydrogen-bond donors (Lipinski definition) is 1. The minimum Gasteiger partial charge on any atom is -0.352 e. The summed E-state index contributed by atoms with van der Waals surface area (Å²) in [7, 11) is 0. The number of rotatable bonds is 8. The first kappa shape index (κ1) is 20.9. The number of aromatic nitrogens is 4. The number of nitrogens with zero attached hydrogens (tertiary/aromatic N) is 4. The molecule has 1 aromatic carbocycles. The van der Waals surface area contributed by atoms with Crippen LogP contribution in [0.5, 0.6) is 0 Å². The first-order chi connectivity index (χ1) is 14.6. The fraction of sp³-hybridized carbons (Fsp3) is 0.545. The van der Waals surface area contributed by atoms with Crippen LogP contribution in [0, 0.1) is 0 Å². The highest BCUT2D eigenvalue weighted by molar-refractivity contribution is 8.00. The standard InChI is InChI=1S/C22H29N5O2S/c1-3-4-9-14-26-20(29)17-12-7-8-13-18(17)27-21(26)24-25-22(27)30-15(2)19(28)23-16-10-5-6-11-16/h7-8,12-13,15-16H,3-6,9-11,14H2,1-2H3,(H,23,28). The van der Waals surface area contributed by atoms with Crippen molar-refractivity contribution in [1.82, 2.24) is 24.5 Å². The minimum atomic E-state index is -0.294. The molecule has 160 valence electrons. The molecule has 1 atom stereocenters. The Bertz CT molecular complexity index is 1100. The summed E-state index contributed by atoms with van der Waals surface area (Å²) >= 11 is 1.39. The predicted octanol–water partition coefficient (Wildman–Crippen LogP) is 3.77. The molecule has 0 radical (unpaired) electrons. The Morgan fingerprint density at radius 3 is 2.77 bits per heavy atom. The van der Waals surface area contributed by atoms with Crippen molar-refractivity contribution in [3.8, 4) is 0 Å². The van der Waals surface area contributed by atoms with Crippen LogP contribution in [-0.4, -0.2) is 36.4 Å². The van der Waals surface area contributed by atoms with Crippen molar-refractivity contribution in [2.75, 3.05) is 0 Å². The number of para-hydroxylation sites is 1. The quantitative estimate of drug-likeness (QED) is 0.437. The molecule has 1 amide bonds. The van der Waals surface area contributed by atoms with E-state index in [4.69, 9.17) is 0 Å². The van der Waals surface area contributed by atoms with Crippen LogP contribution in [0.15, 0.2) is 34.2 Å². The number of carbonyl (C=O) groups excluding carboxylic acids is 1. The van der Waals surface area contributed by atoms with E-state index in [0.717, 1.165) is 37.6 Å². The van der Waals surface area contributed by atoms with Crippen LogP contribution in [-0.2, 0) is 11.3 Å². The van der Waals surface area contributed by atoms with E-state index >= 15 is 0 Å². The van der Waals surface area contributed by atoms with E-state index in [9.17, 15) is 9.59 Å². The lowest BCUT2D eigenvalue weighted by atomic mass is 10.2. The number of thioether (sulfide) groups is 1. The van der Waals surface area contributed by atoms with E-state index in [2.05, 4.69) is 22.4 Å². The van der Waals surface area contributed by atoms with Gasteiger partial charge in [-0.2, -0.15) is 0 Å². The van der Waals surface area contributed by atoms with Crippen LogP contribution in [0.25, 0.3) is 16.7 Å². The number of fused-ring (bicyclic) bond motifs is 3. The number of aryl methyl sites for hydroxylation is 1. The second kappa shape index (κ2) is 9.20. The molecule has 1 fully saturated rings. The summed E-state index contributed by atoms with van der Waals surface area (Å²) in [6, 6.07) is 7.84. The summed E-state index contributed by atoms with van der Waals surface area (Å²) in [4.78, 5) is 25.8. The van der Waals surface area contributed by atoms with Gasteiger partial charge in [-0.3, -0.25) is 18.6 Å². The Balaban J connectivity index is 1.68. The van der Waals surface area contributed by atoms with Crippen LogP contribution in [0.2, 0.25) is 0 Å². The number of carbonyl (C=O) groups is 1. The average Bonchev–Trinajstić information content (AvgIpc) is 3.41. The SMILES string of the molecule is CCCCCn1c(=O)c2ccccc2n2c(SC(C)C(=O)NC3CCCC3)nnc12. The van der Waals surface area contributed by atoms with Gasteiger partial charge < -0.3 is 5.32 Å². The normalized spacial score (nSPS) is 15.8. The van der Waals surface area contributed by atoms with Gasteiger partial charge in [0, 0.05) is 12.6 Å². The fourth-order valence-electron chi connectivity index (χ4n) is 4.13. The molecule has 1 aliphatic carbocycles. The molecular weight excluding hydrogens is 398 g/mol. The molecule has 2 heterocycles. The number of hydrogen-bond acceptors (Lipinski definition) is 5. The van der Waals surface area contributed by atoms with Crippen molar-refractivity contribution in [3.05, 3.63) is 34.6 Å². The van der Waals surface area contributed by atoms with Crippen molar-refractivity contribution in [1.29, 1.82) is 0 Å². The highest BCUT2D eigenvalue weighted by Gasteiger charge is 2.24. The summed E-state index contributed by atoms with van der Waals surface area (Å²) in [5.41, 5.74) is 0.741. The highest BCUT2D eigenvalue weighted by Crippen LogP contribution is 2.26. The maximum Gasteiger partial charge on any atom is 0.262 e. The summed E-state index contributed by atoms with van der Waals surface area (Å²) in [6.07, 6.45) is 7.54. The highest BCUT2D eigenvalue weighted by atomic mass is 32.2. The number of nitrogens with one attached hydrogen (secondary N) is 1. The van der Waals surface area contributed by atoms with Crippen molar-refractivity contribution >= 4 is 34.3 Å². The van der Waals surface area contributed by atoms with E-state index in [-0.39, 0.29) is 16.7 Å². The number of amides is 1. The second-order valence-electron chi connectivity index (χ2n) is 8.05. The Morgan fingerprint density at radius 2 is 2.00 bits per heavy atom. The monoisotopic (exact) mass is 427 g/mol. The molecular formula is C22H29N5O2S. The molecule has 0 saturated heterocycles. The maximum atomic E-state index is 13.1. The second-order valence-corrected chi connectivity index (χ2v) is 9.36. The van der Waals surface area contributed by atoms with Gasteiger partial charge in [0.2, 0.25) is 11.7 Å². The lowest BCUT2D eigenvalue weighted by Crippen LogP contribution is -2.37. The molecule has 7 nitrogen and oxygen atoms in total. The van der Waals surface area contributed by atoms with Gasteiger partial charge >= 0.3 is 0 Å². The smallest absolute Gasteiger partial charge is 0.262 e. The van der Waals surface area contributed by atoms with Gasteiger partial charge in [0.25, 0.3) is 5.56 Å². The molecule has 0 bridgehead atoms. The first-order valence-corrected chi connectivity index (χ1v) is 11.8. The fourth-order valence-corrected chi connectivity index (χ4v) is 5.00. The van der Waals surface area contributed by atoms with Crippen LogP contribution < -0.4 is 10.9 Å². The third kappa shape index (κ3) is 4.10. The van der Waals surface area contributed by atoms with Crippen LogP contribution in [0.3, 0.4) is 0 Å². The van der Waals surface area contributed by atoms with Crippen LogP contribution >= 0.6 is 11.8 Å². The lowest BCUT2D eigenvalue weighted by molar-refractivity contribution is -0.120. The topological polar surface area (TPSA) is 81.3 Å². The Kier molecular flexibility index (Phi) is 6.41. The molecule has 1 unspecified atom stereocenters. The van der Waals surface area contributed by atoms with Gasteiger partial charge in [-0.25, -0.2) is 0 Å². The van der Waals surface area contributed by atoms with Crippen molar-refractivity contribution in [3.63, 3.8) is 0 Å². The predicted molar refractivity (Wildman–Crippen MR) is 120 cm³/mol. The minimum absolute atomic E-state index is 0.0317. The first-order valence-electron chi connectivity index (χ1n) is 10.9. The summed E-state index contributed by atoms with van der Waals surface area (Å²) in [5, 5.41) is 12.9. The molecule has 0 spiro atoms. The third-order valence-corrected chi connectivity index (χ3v) is 6.86. The van der Waals surface area contributed by atoms with Gasteiger partial charge in [0.1, 0.15) is 0 Å². The third-order valence-electron chi connectivity index (χ3n) is 5.82. The van der Waals surface area contributed by atoms with Gasteiger partial charge in [-0.15, -0.1) is 10.2 Å². The molecule has 1 aliphatic rings. The zero-order valence-electron chi connectivity index (χ0n) is 17.6. The Labute approximate surface area is 180 Å². The molecule has 1 saturated carbocycles. The molecule has 8 heteroatoms. The lowest BCUT2D eigenvalue weighted by Gasteiger charge is -2.16. The van der Waals surface area contributed by atoms with Gasteiger partial charge in [0.05, 0.1) is 16.2 Å². The summed E-state index contributed by atoms with van der Waals surface area (Å²) in [6.45, 7) is 4.65. The number of unbranched alkanes of at least 4 members (excludes halogenated alkanes) is 2. The molecule has 0 aliphatic heterocycles. The van der Waals surface area contributed by atoms with E-state index in [0.29, 0.717) is 28.9 Å². The van der Waals surface area contributed by atoms with Gasteiger partial charge in [-0.05, 0) is 38.3 Å². The maximum absolute atomic E-state index is 13.1. The zero-order valence-corrected chi connectivity index (χ0v) is 18.5. The van der Waals surface area contributed by atoms with E-state index in [1.807, 2.05) is 35.6 Å². The number of benzene rings is 1. The average molecular weight is 428 g/mol. The molecule has 4 rings (SSSR count). The van der Waals surface area contributed by atoms with Crippen LogP contribution in [0.1, 0.15) is 58.8 Å². The van der Waals surface area contributed by atoms with Crippen LogP contribution in [0.4, 0.5) is 0 Å². The molecule has 30 heavy (non-hydrogen) atoms. The molecule has 3 aromatic rings. The van der Waals surface area contributed by atoms with E-state index in [1.165, 1.54) is 24.6 Å². The summed E-state index contributed by atoms with van der Waals surface area (Å²) in [5.74, 6) is 0.574. The largest absolute Gasteiger partial charge is 0.352 e. The molecule has 2 aromatic heterocycles. The van der Waals surface area contributed by atoms with Gasteiger partial charge in [-0.1, -0.05) is 56.5 Å². The van der Waals surface area contributed by atoms with E-state index < -0.39 is 0 Å². The Hall–Kier alpha value is -2.35. The molecule has 1 N–H and O–H groups in total. The van der Waals surface area contributed by atoms with Crippen molar-refractivity contribution in [2.45, 2.75) is 81.8 Å². The summed E-state index contributed by atoms with van der Waals surface area (Å²) < 4.78 is 3.64. The van der Waals surface area contributed by atoms with E-state index in [1.54, 1.807) is 4.57 Å².